The molecule has 1 aromatic carbocycles. The summed E-state index contributed by atoms with van der Waals surface area (Å²) in [5, 5.41) is 3.40. The molecule has 0 bridgehead atoms. The summed E-state index contributed by atoms with van der Waals surface area (Å²) in [5.41, 5.74) is 1.03. The lowest BCUT2D eigenvalue weighted by Crippen LogP contribution is -2.36. The fraction of sp³-hybridized carbons (Fsp3) is 0.353. The van der Waals surface area contributed by atoms with Crippen molar-refractivity contribution >= 4 is 17.5 Å². The highest BCUT2D eigenvalue weighted by Gasteiger charge is 2.10. The molecular formula is C17H20ClNO3. The quantitative estimate of drug-likeness (QED) is 0.844. The highest BCUT2D eigenvalue weighted by molar-refractivity contribution is 6.32. The van der Waals surface area contributed by atoms with Crippen LogP contribution < -0.4 is 10.1 Å². The van der Waals surface area contributed by atoms with E-state index < -0.39 is 0 Å². The first kappa shape index (κ1) is 16.4. The summed E-state index contributed by atoms with van der Waals surface area (Å²) in [6, 6.07) is 9.31. The molecule has 1 heterocycles. The van der Waals surface area contributed by atoms with Gasteiger partial charge in [0, 0.05) is 12.5 Å². The number of carbonyl (C=O) groups excluding carboxylic acids is 1. The molecule has 0 fully saturated rings. The van der Waals surface area contributed by atoms with Crippen LogP contribution in [0.25, 0.3) is 0 Å². The van der Waals surface area contributed by atoms with Crippen LogP contribution in [0.15, 0.2) is 41.0 Å². The Morgan fingerprint density at radius 1 is 1.41 bits per heavy atom. The second-order valence-electron chi connectivity index (χ2n) is 5.31. The number of nitrogens with one attached hydrogen (secondary N) is 1. The van der Waals surface area contributed by atoms with E-state index in [0.29, 0.717) is 10.8 Å². The number of ether oxygens (including phenoxy) is 1. The highest BCUT2D eigenvalue weighted by Crippen LogP contribution is 2.25. The van der Waals surface area contributed by atoms with E-state index in [-0.39, 0.29) is 18.6 Å². The van der Waals surface area contributed by atoms with Crippen LogP contribution in [0.4, 0.5) is 0 Å². The Hall–Kier alpha value is -1.94. The van der Waals surface area contributed by atoms with Gasteiger partial charge in [0.05, 0.1) is 11.3 Å². The number of furan rings is 1. The largest absolute Gasteiger partial charge is 0.482 e. The van der Waals surface area contributed by atoms with Crippen LogP contribution >= 0.6 is 11.6 Å². The Balaban J connectivity index is 1.74. The number of hydrogen-bond donors (Lipinski definition) is 1. The Bertz CT molecular complexity index is 610. The van der Waals surface area contributed by atoms with Gasteiger partial charge in [-0.05, 0) is 50.1 Å². The van der Waals surface area contributed by atoms with Crippen molar-refractivity contribution in [3.8, 4) is 5.75 Å². The van der Waals surface area contributed by atoms with E-state index in [1.165, 1.54) is 0 Å². The molecule has 1 N–H and O–H groups in total. The molecule has 0 aliphatic rings. The predicted octanol–water partition coefficient (Wildman–Crippen LogP) is 3.76. The summed E-state index contributed by atoms with van der Waals surface area (Å²) in [7, 11) is 0. The second-order valence-corrected chi connectivity index (χ2v) is 5.72. The Morgan fingerprint density at radius 3 is 2.95 bits per heavy atom. The smallest absolute Gasteiger partial charge is 0.258 e. The first-order valence-electron chi connectivity index (χ1n) is 7.25. The lowest BCUT2D eigenvalue weighted by Gasteiger charge is -2.14. The molecule has 0 saturated heterocycles. The van der Waals surface area contributed by atoms with Crippen molar-refractivity contribution < 1.29 is 13.9 Å². The molecule has 0 saturated carbocycles. The summed E-state index contributed by atoms with van der Waals surface area (Å²) in [6.45, 7) is 3.86. The summed E-state index contributed by atoms with van der Waals surface area (Å²) in [6.07, 6.45) is 3.25. The van der Waals surface area contributed by atoms with E-state index >= 15 is 0 Å². The van der Waals surface area contributed by atoms with Gasteiger partial charge in [0.2, 0.25) is 0 Å². The van der Waals surface area contributed by atoms with Gasteiger partial charge in [0.1, 0.15) is 11.5 Å². The Labute approximate surface area is 135 Å². The summed E-state index contributed by atoms with van der Waals surface area (Å²) < 4.78 is 10.7. The number of rotatable bonds is 7. The summed E-state index contributed by atoms with van der Waals surface area (Å²) >= 11 is 6.03. The van der Waals surface area contributed by atoms with Crippen molar-refractivity contribution in [1.29, 1.82) is 0 Å². The zero-order chi connectivity index (χ0) is 15.9. The average molecular weight is 322 g/mol. The zero-order valence-corrected chi connectivity index (χ0v) is 13.5. The first-order valence-corrected chi connectivity index (χ1v) is 7.63. The Kier molecular flexibility index (Phi) is 5.90. The van der Waals surface area contributed by atoms with Gasteiger partial charge in [-0.25, -0.2) is 0 Å². The van der Waals surface area contributed by atoms with Gasteiger partial charge >= 0.3 is 0 Å². The molecule has 4 nitrogen and oxygen atoms in total. The number of benzene rings is 1. The zero-order valence-electron chi connectivity index (χ0n) is 12.8. The molecule has 0 aliphatic carbocycles. The van der Waals surface area contributed by atoms with E-state index in [9.17, 15) is 4.79 Å². The maximum Gasteiger partial charge on any atom is 0.258 e. The van der Waals surface area contributed by atoms with Crippen molar-refractivity contribution in [3.63, 3.8) is 0 Å². The molecule has 1 aromatic heterocycles. The molecular weight excluding hydrogens is 302 g/mol. The van der Waals surface area contributed by atoms with Crippen molar-refractivity contribution in [2.24, 2.45) is 0 Å². The van der Waals surface area contributed by atoms with Crippen LogP contribution in [0.1, 0.15) is 24.7 Å². The second kappa shape index (κ2) is 7.90. The number of halogens is 1. The molecule has 2 aromatic rings. The van der Waals surface area contributed by atoms with Crippen LogP contribution in [-0.2, 0) is 11.2 Å². The van der Waals surface area contributed by atoms with E-state index in [4.69, 9.17) is 20.8 Å². The summed E-state index contributed by atoms with van der Waals surface area (Å²) in [5.74, 6) is 1.29. The van der Waals surface area contributed by atoms with Gasteiger partial charge in [0.15, 0.2) is 6.61 Å². The molecule has 0 radical (unpaired) electrons. The average Bonchev–Trinajstić information content (AvgIpc) is 2.99. The molecule has 1 unspecified atom stereocenters. The number of hydrogen-bond acceptors (Lipinski definition) is 3. The molecule has 1 atom stereocenters. The lowest BCUT2D eigenvalue weighted by atomic mass is 10.1. The van der Waals surface area contributed by atoms with E-state index in [1.54, 1.807) is 12.3 Å². The fourth-order valence-corrected chi connectivity index (χ4v) is 2.24. The van der Waals surface area contributed by atoms with Crippen molar-refractivity contribution in [2.75, 3.05) is 6.61 Å². The predicted molar refractivity (Wildman–Crippen MR) is 86.3 cm³/mol. The number of aryl methyl sites for hydroxylation is 2. The maximum atomic E-state index is 11.9. The third-order valence-electron chi connectivity index (χ3n) is 3.26. The first-order chi connectivity index (χ1) is 10.5. The third kappa shape index (κ3) is 5.11. The van der Waals surface area contributed by atoms with E-state index in [0.717, 1.165) is 24.2 Å². The van der Waals surface area contributed by atoms with Crippen LogP contribution in [0.3, 0.4) is 0 Å². The van der Waals surface area contributed by atoms with Crippen LogP contribution in [-0.4, -0.2) is 18.6 Å². The minimum atomic E-state index is -0.162. The van der Waals surface area contributed by atoms with Crippen molar-refractivity contribution in [3.05, 3.63) is 52.9 Å². The topological polar surface area (TPSA) is 51.5 Å². The van der Waals surface area contributed by atoms with Gasteiger partial charge in [-0.2, -0.15) is 0 Å². The van der Waals surface area contributed by atoms with E-state index in [2.05, 4.69) is 5.32 Å². The van der Waals surface area contributed by atoms with Gasteiger partial charge in [-0.3, -0.25) is 4.79 Å². The van der Waals surface area contributed by atoms with Gasteiger partial charge in [0.25, 0.3) is 5.91 Å². The van der Waals surface area contributed by atoms with Gasteiger partial charge in [-0.1, -0.05) is 17.7 Å². The standard InChI is InChI=1S/C17H20ClNO3/c1-12-5-8-15(18)16(10-12)22-11-17(20)19-13(2)6-7-14-4-3-9-21-14/h3-5,8-10,13H,6-7,11H2,1-2H3,(H,19,20). The minimum Gasteiger partial charge on any atom is -0.482 e. The number of carbonyl (C=O) groups is 1. The van der Waals surface area contributed by atoms with E-state index in [1.807, 2.05) is 38.1 Å². The molecule has 5 heteroatoms. The minimum absolute atomic E-state index is 0.0474. The molecule has 22 heavy (non-hydrogen) atoms. The highest BCUT2D eigenvalue weighted by atomic mass is 35.5. The third-order valence-corrected chi connectivity index (χ3v) is 3.57. The van der Waals surface area contributed by atoms with Crippen molar-refractivity contribution in [1.82, 2.24) is 5.32 Å². The SMILES string of the molecule is Cc1ccc(Cl)c(OCC(=O)NC(C)CCc2ccco2)c1. The normalized spacial score (nSPS) is 12.0. The van der Waals surface area contributed by atoms with Crippen LogP contribution in [0.2, 0.25) is 5.02 Å². The maximum absolute atomic E-state index is 11.9. The van der Waals surface area contributed by atoms with Gasteiger partial charge < -0.3 is 14.5 Å². The number of amides is 1. The molecule has 2 rings (SSSR count). The molecule has 1 amide bonds. The Morgan fingerprint density at radius 2 is 2.23 bits per heavy atom. The lowest BCUT2D eigenvalue weighted by molar-refractivity contribution is -0.123. The van der Waals surface area contributed by atoms with Gasteiger partial charge in [-0.15, -0.1) is 0 Å². The monoisotopic (exact) mass is 321 g/mol. The van der Waals surface area contributed by atoms with Crippen LogP contribution in [0, 0.1) is 6.92 Å². The summed E-state index contributed by atoms with van der Waals surface area (Å²) in [4.78, 5) is 11.9. The molecule has 0 aliphatic heterocycles. The fourth-order valence-electron chi connectivity index (χ4n) is 2.07. The molecule has 118 valence electrons. The van der Waals surface area contributed by atoms with Crippen molar-refractivity contribution in [2.45, 2.75) is 32.7 Å². The van der Waals surface area contributed by atoms with Crippen LogP contribution in [0.5, 0.6) is 5.75 Å². The molecule has 0 spiro atoms.